The van der Waals surface area contributed by atoms with Gasteiger partial charge in [0.25, 0.3) is 0 Å². The van der Waals surface area contributed by atoms with Crippen molar-refractivity contribution in [1.29, 1.82) is 0 Å². The number of carbonyl (C=O) groups is 1. The van der Waals surface area contributed by atoms with Gasteiger partial charge in [0.1, 0.15) is 12.0 Å². The second-order valence-corrected chi connectivity index (χ2v) is 3.96. The quantitative estimate of drug-likeness (QED) is 0.722. The maximum atomic E-state index is 10.7. The standard InChI is InChI=1S/C12H19NO4/c1-2-3-4-13(5-6-14)8-11-7-10(9-17-11)12(15)16/h7,9,14H,2-6,8H2,1H3,(H,15,16). The Morgan fingerprint density at radius 3 is 2.76 bits per heavy atom. The molecule has 0 saturated carbocycles. The third-order valence-electron chi connectivity index (χ3n) is 2.52. The molecule has 1 aromatic heterocycles. The third-order valence-corrected chi connectivity index (χ3v) is 2.52. The first kappa shape index (κ1) is 13.7. The van der Waals surface area contributed by atoms with Crippen molar-refractivity contribution in [3.05, 3.63) is 23.7 Å². The largest absolute Gasteiger partial charge is 0.478 e. The topological polar surface area (TPSA) is 73.9 Å². The Bertz CT molecular complexity index is 348. The number of aliphatic hydroxyl groups is 1. The Kier molecular flexibility index (Phi) is 5.72. The number of unbranched alkanes of at least 4 members (excludes halogenated alkanes) is 1. The van der Waals surface area contributed by atoms with Gasteiger partial charge >= 0.3 is 5.97 Å². The summed E-state index contributed by atoms with van der Waals surface area (Å²) in [4.78, 5) is 12.7. The summed E-state index contributed by atoms with van der Waals surface area (Å²) in [6.45, 7) is 4.18. The highest BCUT2D eigenvalue weighted by Gasteiger charge is 2.11. The van der Waals surface area contributed by atoms with Crippen molar-refractivity contribution < 1.29 is 19.4 Å². The number of rotatable bonds is 8. The van der Waals surface area contributed by atoms with Gasteiger partial charge in [-0.2, -0.15) is 0 Å². The van der Waals surface area contributed by atoms with Crippen molar-refractivity contribution in [2.45, 2.75) is 26.3 Å². The molecule has 0 atom stereocenters. The fraction of sp³-hybridized carbons (Fsp3) is 0.583. The number of carboxylic acids is 1. The van der Waals surface area contributed by atoms with E-state index in [1.54, 1.807) is 0 Å². The summed E-state index contributed by atoms with van der Waals surface area (Å²) in [6, 6.07) is 1.53. The molecular formula is C12H19NO4. The molecule has 1 rings (SSSR count). The molecule has 17 heavy (non-hydrogen) atoms. The lowest BCUT2D eigenvalue weighted by molar-refractivity contribution is 0.0696. The van der Waals surface area contributed by atoms with E-state index >= 15 is 0 Å². The smallest absolute Gasteiger partial charge is 0.338 e. The Labute approximate surface area is 101 Å². The second kappa shape index (κ2) is 7.09. The molecule has 0 aromatic carbocycles. The van der Waals surface area contributed by atoms with Crippen LogP contribution in [0.15, 0.2) is 16.7 Å². The monoisotopic (exact) mass is 241 g/mol. The van der Waals surface area contributed by atoms with Gasteiger partial charge in [-0.05, 0) is 19.0 Å². The molecule has 0 unspecified atom stereocenters. The molecule has 0 aliphatic heterocycles. The Balaban J connectivity index is 2.55. The van der Waals surface area contributed by atoms with Crippen LogP contribution in [0.4, 0.5) is 0 Å². The van der Waals surface area contributed by atoms with Gasteiger partial charge in [0.05, 0.1) is 18.7 Å². The number of aromatic carboxylic acids is 1. The zero-order valence-electron chi connectivity index (χ0n) is 10.1. The maximum Gasteiger partial charge on any atom is 0.338 e. The van der Waals surface area contributed by atoms with Crippen LogP contribution in [0.25, 0.3) is 0 Å². The van der Waals surface area contributed by atoms with E-state index in [1.807, 2.05) is 4.90 Å². The van der Waals surface area contributed by atoms with E-state index in [2.05, 4.69) is 6.92 Å². The normalized spacial score (nSPS) is 11.0. The molecule has 2 N–H and O–H groups in total. The summed E-state index contributed by atoms with van der Waals surface area (Å²) in [5.74, 6) is -0.366. The Morgan fingerprint density at radius 1 is 1.47 bits per heavy atom. The van der Waals surface area contributed by atoms with Gasteiger partial charge in [0.2, 0.25) is 0 Å². The molecule has 5 nitrogen and oxygen atoms in total. The molecule has 1 heterocycles. The zero-order chi connectivity index (χ0) is 12.7. The van der Waals surface area contributed by atoms with Crippen LogP contribution in [-0.2, 0) is 6.54 Å². The number of hydrogen-bond donors (Lipinski definition) is 2. The van der Waals surface area contributed by atoms with E-state index in [0.717, 1.165) is 19.4 Å². The van der Waals surface area contributed by atoms with Crippen LogP contribution in [0.3, 0.4) is 0 Å². The van der Waals surface area contributed by atoms with E-state index in [9.17, 15) is 4.79 Å². The van der Waals surface area contributed by atoms with Gasteiger partial charge in [-0.25, -0.2) is 4.79 Å². The number of hydrogen-bond acceptors (Lipinski definition) is 4. The number of nitrogens with zero attached hydrogens (tertiary/aromatic N) is 1. The van der Waals surface area contributed by atoms with Crippen molar-refractivity contribution in [2.24, 2.45) is 0 Å². The summed E-state index contributed by atoms with van der Waals surface area (Å²) < 4.78 is 5.18. The van der Waals surface area contributed by atoms with Gasteiger partial charge < -0.3 is 14.6 Å². The van der Waals surface area contributed by atoms with E-state index in [-0.39, 0.29) is 12.2 Å². The van der Waals surface area contributed by atoms with E-state index in [4.69, 9.17) is 14.6 Å². The van der Waals surface area contributed by atoms with Crippen molar-refractivity contribution in [3.63, 3.8) is 0 Å². The van der Waals surface area contributed by atoms with Crippen LogP contribution >= 0.6 is 0 Å². The first-order chi connectivity index (χ1) is 8.17. The molecule has 0 saturated heterocycles. The summed E-state index contributed by atoms with van der Waals surface area (Å²) in [5, 5.41) is 17.7. The minimum absolute atomic E-state index is 0.0935. The highest BCUT2D eigenvalue weighted by Crippen LogP contribution is 2.11. The summed E-state index contributed by atoms with van der Waals surface area (Å²) >= 11 is 0. The van der Waals surface area contributed by atoms with Gasteiger partial charge in [-0.1, -0.05) is 13.3 Å². The van der Waals surface area contributed by atoms with E-state index in [0.29, 0.717) is 18.8 Å². The molecule has 0 amide bonds. The van der Waals surface area contributed by atoms with Crippen LogP contribution < -0.4 is 0 Å². The average Bonchev–Trinajstić information content (AvgIpc) is 2.75. The summed E-state index contributed by atoms with van der Waals surface area (Å²) in [5.41, 5.74) is 0.166. The molecule has 5 heteroatoms. The molecule has 0 radical (unpaired) electrons. The van der Waals surface area contributed by atoms with Crippen LogP contribution in [0, 0.1) is 0 Å². The van der Waals surface area contributed by atoms with Crippen molar-refractivity contribution in [3.8, 4) is 0 Å². The minimum atomic E-state index is -0.984. The molecule has 0 spiro atoms. The fourth-order valence-electron chi connectivity index (χ4n) is 1.59. The fourth-order valence-corrected chi connectivity index (χ4v) is 1.59. The third kappa shape index (κ3) is 4.58. The molecule has 1 aromatic rings. The van der Waals surface area contributed by atoms with Gasteiger partial charge in [-0.3, -0.25) is 4.90 Å². The van der Waals surface area contributed by atoms with E-state index < -0.39 is 5.97 Å². The summed E-state index contributed by atoms with van der Waals surface area (Å²) in [7, 11) is 0. The SMILES string of the molecule is CCCCN(CCO)Cc1cc(C(=O)O)co1. The molecule has 0 bridgehead atoms. The van der Waals surface area contributed by atoms with Crippen molar-refractivity contribution in [1.82, 2.24) is 4.90 Å². The van der Waals surface area contributed by atoms with Crippen LogP contribution in [-0.4, -0.2) is 40.8 Å². The summed E-state index contributed by atoms with van der Waals surface area (Å²) in [6.07, 6.45) is 3.38. The molecule has 0 fully saturated rings. The van der Waals surface area contributed by atoms with Gasteiger partial charge in [0, 0.05) is 6.54 Å². The average molecular weight is 241 g/mol. The predicted octanol–water partition coefficient (Wildman–Crippen LogP) is 1.57. The molecular weight excluding hydrogens is 222 g/mol. The molecule has 96 valence electrons. The van der Waals surface area contributed by atoms with E-state index in [1.165, 1.54) is 12.3 Å². The minimum Gasteiger partial charge on any atom is -0.478 e. The lowest BCUT2D eigenvalue weighted by atomic mass is 10.2. The maximum absolute atomic E-state index is 10.7. The number of aliphatic hydroxyl groups excluding tert-OH is 1. The van der Waals surface area contributed by atoms with Crippen LogP contribution in [0.5, 0.6) is 0 Å². The lowest BCUT2D eigenvalue weighted by Crippen LogP contribution is -2.27. The van der Waals surface area contributed by atoms with Gasteiger partial charge in [-0.15, -0.1) is 0 Å². The Morgan fingerprint density at radius 2 is 2.24 bits per heavy atom. The Hall–Kier alpha value is -1.33. The number of furan rings is 1. The highest BCUT2D eigenvalue weighted by molar-refractivity contribution is 5.87. The van der Waals surface area contributed by atoms with Crippen molar-refractivity contribution in [2.75, 3.05) is 19.7 Å². The van der Waals surface area contributed by atoms with Crippen LogP contribution in [0.2, 0.25) is 0 Å². The molecule has 0 aliphatic rings. The van der Waals surface area contributed by atoms with Crippen LogP contribution in [0.1, 0.15) is 35.9 Å². The van der Waals surface area contributed by atoms with Crippen molar-refractivity contribution >= 4 is 5.97 Å². The highest BCUT2D eigenvalue weighted by atomic mass is 16.4. The first-order valence-corrected chi connectivity index (χ1v) is 5.81. The molecule has 0 aliphatic carbocycles. The number of carboxylic acid groups (broad SMARTS) is 1. The predicted molar refractivity (Wildman–Crippen MR) is 62.9 cm³/mol. The first-order valence-electron chi connectivity index (χ1n) is 5.81. The lowest BCUT2D eigenvalue weighted by Gasteiger charge is -2.19. The second-order valence-electron chi connectivity index (χ2n) is 3.96. The van der Waals surface area contributed by atoms with Gasteiger partial charge in [0.15, 0.2) is 0 Å². The zero-order valence-corrected chi connectivity index (χ0v) is 10.1.